The van der Waals surface area contributed by atoms with Crippen molar-refractivity contribution in [2.45, 2.75) is 83.5 Å². The predicted molar refractivity (Wildman–Crippen MR) is 132 cm³/mol. The molecule has 1 unspecified atom stereocenters. The molecule has 1 aliphatic rings. The lowest BCUT2D eigenvalue weighted by Gasteiger charge is -2.35. The maximum absolute atomic E-state index is 14.1. The monoisotopic (exact) mass is 439 g/mol. The van der Waals surface area contributed by atoms with Gasteiger partial charge < -0.3 is 4.90 Å². The number of hydrogen-bond donors (Lipinski definition) is 0. The number of alkyl halides is 2. The number of allylic oxidation sites excluding steroid dienone is 1. The number of halogens is 2. The van der Waals surface area contributed by atoms with E-state index in [4.69, 9.17) is 0 Å². The Balaban J connectivity index is 1.76. The van der Waals surface area contributed by atoms with Gasteiger partial charge in [0.05, 0.1) is 5.41 Å². The molecule has 1 aliphatic carbocycles. The maximum atomic E-state index is 14.1. The Morgan fingerprint density at radius 1 is 1.03 bits per heavy atom. The first-order chi connectivity index (χ1) is 14.9. The quantitative estimate of drug-likeness (QED) is 0.362. The molecule has 0 heterocycles. The molecule has 0 aliphatic heterocycles. The fraction of sp³-hybridized carbons (Fsp3) is 0.517. The van der Waals surface area contributed by atoms with E-state index >= 15 is 0 Å². The fourth-order valence-corrected chi connectivity index (χ4v) is 4.57. The minimum absolute atomic E-state index is 0.0726. The van der Waals surface area contributed by atoms with Crippen LogP contribution in [0.15, 0.2) is 60.8 Å². The average Bonchev–Trinajstić information content (AvgIpc) is 3.54. The van der Waals surface area contributed by atoms with Crippen molar-refractivity contribution in [3.05, 3.63) is 83.1 Å². The van der Waals surface area contributed by atoms with Gasteiger partial charge in [0, 0.05) is 31.1 Å². The van der Waals surface area contributed by atoms with E-state index in [0.29, 0.717) is 5.56 Å². The van der Waals surface area contributed by atoms with Gasteiger partial charge in [-0.3, -0.25) is 0 Å². The molecule has 174 valence electrons. The zero-order chi connectivity index (χ0) is 23.7. The van der Waals surface area contributed by atoms with Crippen LogP contribution in [0, 0.1) is 6.92 Å². The van der Waals surface area contributed by atoms with E-state index in [2.05, 4.69) is 56.5 Å². The fourth-order valence-electron chi connectivity index (χ4n) is 4.57. The van der Waals surface area contributed by atoms with Gasteiger partial charge in [0.2, 0.25) is 0 Å². The van der Waals surface area contributed by atoms with E-state index in [0.717, 1.165) is 39.3 Å². The third-order valence-electron chi connectivity index (χ3n) is 7.57. The first-order valence-electron chi connectivity index (χ1n) is 11.9. The van der Waals surface area contributed by atoms with Gasteiger partial charge in [0.25, 0.3) is 5.92 Å². The lowest BCUT2D eigenvalue weighted by molar-refractivity contribution is -0.0467. The molecule has 3 heteroatoms. The molecule has 3 rings (SSSR count). The second kappa shape index (κ2) is 9.00. The molecular weight excluding hydrogens is 400 g/mol. The van der Waals surface area contributed by atoms with Crippen molar-refractivity contribution in [2.24, 2.45) is 0 Å². The minimum Gasteiger partial charge on any atom is -0.374 e. The number of hydrogen-bond acceptors (Lipinski definition) is 1. The molecule has 0 aromatic heterocycles. The molecule has 1 fully saturated rings. The lowest BCUT2D eigenvalue weighted by atomic mass is 9.78. The second-order valence-electron chi connectivity index (χ2n) is 10.4. The smallest absolute Gasteiger partial charge is 0.254 e. The Morgan fingerprint density at radius 3 is 2.06 bits per heavy atom. The van der Waals surface area contributed by atoms with E-state index in [1.165, 1.54) is 22.4 Å². The topological polar surface area (TPSA) is 3.24 Å². The molecule has 1 atom stereocenters. The van der Waals surface area contributed by atoms with Crippen LogP contribution in [0.3, 0.4) is 0 Å². The van der Waals surface area contributed by atoms with Crippen LogP contribution in [0.2, 0.25) is 0 Å². The van der Waals surface area contributed by atoms with E-state index < -0.39 is 11.3 Å². The molecular formula is C29H39F2N. The summed E-state index contributed by atoms with van der Waals surface area (Å²) in [6.45, 7) is 17.2. The molecule has 32 heavy (non-hydrogen) atoms. The van der Waals surface area contributed by atoms with Crippen molar-refractivity contribution in [3.63, 3.8) is 0 Å². The molecule has 0 saturated heterocycles. The summed E-state index contributed by atoms with van der Waals surface area (Å²) in [5.74, 6) is -2.49. The highest BCUT2D eigenvalue weighted by molar-refractivity contribution is 5.42. The largest absolute Gasteiger partial charge is 0.374 e. The highest BCUT2D eigenvalue weighted by Crippen LogP contribution is 2.54. The highest BCUT2D eigenvalue weighted by atomic mass is 19.3. The molecule has 2 aromatic carbocycles. The predicted octanol–water partition coefficient (Wildman–Crippen LogP) is 7.99. The Bertz CT molecular complexity index is 915. The second-order valence-corrected chi connectivity index (χ2v) is 10.4. The van der Waals surface area contributed by atoms with Crippen molar-refractivity contribution >= 4 is 0 Å². The summed E-state index contributed by atoms with van der Waals surface area (Å²) in [5, 5.41) is 0. The van der Waals surface area contributed by atoms with E-state index in [-0.39, 0.29) is 11.3 Å². The van der Waals surface area contributed by atoms with Crippen LogP contribution < -0.4 is 0 Å². The van der Waals surface area contributed by atoms with Crippen LogP contribution in [0.5, 0.6) is 0 Å². The van der Waals surface area contributed by atoms with Gasteiger partial charge in [-0.15, -0.1) is 0 Å². The molecule has 0 spiro atoms. The molecule has 0 amide bonds. The maximum Gasteiger partial charge on any atom is 0.254 e. The van der Waals surface area contributed by atoms with Crippen LogP contribution in [0.4, 0.5) is 8.78 Å². The minimum atomic E-state index is -2.77. The van der Waals surface area contributed by atoms with E-state index in [9.17, 15) is 8.78 Å². The Morgan fingerprint density at radius 2 is 1.59 bits per heavy atom. The highest BCUT2D eigenvalue weighted by Gasteiger charge is 2.48. The van der Waals surface area contributed by atoms with E-state index in [1.807, 2.05) is 24.3 Å². The third kappa shape index (κ3) is 4.77. The summed E-state index contributed by atoms with van der Waals surface area (Å²) in [4.78, 5) is 2.45. The van der Waals surface area contributed by atoms with Gasteiger partial charge >= 0.3 is 0 Å². The van der Waals surface area contributed by atoms with Crippen LogP contribution in [-0.4, -0.2) is 23.9 Å². The van der Waals surface area contributed by atoms with Crippen molar-refractivity contribution in [1.29, 1.82) is 0 Å². The Hall–Kier alpha value is -2.16. The van der Waals surface area contributed by atoms with Gasteiger partial charge in [-0.2, -0.15) is 0 Å². The summed E-state index contributed by atoms with van der Waals surface area (Å²) in [7, 11) is 0. The first-order valence-corrected chi connectivity index (χ1v) is 11.9. The Labute approximate surface area is 193 Å². The molecule has 2 aromatic rings. The van der Waals surface area contributed by atoms with Gasteiger partial charge in [-0.05, 0) is 48.8 Å². The summed E-state index contributed by atoms with van der Waals surface area (Å²) in [6, 6.07) is 16.7. The molecule has 0 radical (unpaired) electrons. The number of aryl methyl sites for hydroxylation is 1. The van der Waals surface area contributed by atoms with Gasteiger partial charge in [0.1, 0.15) is 0 Å². The number of nitrogens with zero attached hydrogens (tertiary/aromatic N) is 1. The lowest BCUT2D eigenvalue weighted by Crippen LogP contribution is -2.37. The zero-order valence-corrected chi connectivity index (χ0v) is 20.6. The van der Waals surface area contributed by atoms with Crippen molar-refractivity contribution in [2.75, 3.05) is 13.1 Å². The van der Waals surface area contributed by atoms with Crippen LogP contribution in [0.1, 0.15) is 82.1 Å². The van der Waals surface area contributed by atoms with Crippen molar-refractivity contribution < 1.29 is 8.78 Å². The van der Waals surface area contributed by atoms with Crippen LogP contribution >= 0.6 is 0 Å². The summed E-state index contributed by atoms with van der Waals surface area (Å²) in [5.41, 5.74) is 4.60. The normalized spacial score (nSPS) is 16.5. The summed E-state index contributed by atoms with van der Waals surface area (Å²) in [6.07, 6.45) is 3.37. The van der Waals surface area contributed by atoms with Crippen molar-refractivity contribution in [1.82, 2.24) is 4.90 Å². The SMILES string of the molecule is C=C(N(CCC)CC(C)c1ccc(C(C)(C)C(C)(F)F)cc1)C1(c2ccc(C)cc2)CC1. The van der Waals surface area contributed by atoms with Gasteiger partial charge in [-0.25, -0.2) is 8.78 Å². The van der Waals surface area contributed by atoms with Crippen LogP contribution in [-0.2, 0) is 10.8 Å². The number of benzene rings is 2. The van der Waals surface area contributed by atoms with Crippen molar-refractivity contribution in [3.8, 4) is 0 Å². The standard InChI is InChI=1S/C29H39F2N/c1-8-19-32(23(4)29(17-18-29)26-13-9-21(2)10-14-26)20-22(3)24-11-15-25(16-12-24)27(5,6)28(7,30)31/h9-16,22H,4,8,17-20H2,1-3,5-7H3. The molecule has 1 nitrogen and oxygen atoms in total. The molecule has 1 saturated carbocycles. The van der Waals surface area contributed by atoms with Gasteiger partial charge in [0.15, 0.2) is 0 Å². The molecule has 0 bridgehead atoms. The average molecular weight is 440 g/mol. The Kier molecular flexibility index (Phi) is 6.88. The number of rotatable bonds is 10. The summed E-state index contributed by atoms with van der Waals surface area (Å²) >= 11 is 0. The third-order valence-corrected chi connectivity index (χ3v) is 7.57. The summed E-state index contributed by atoms with van der Waals surface area (Å²) < 4.78 is 28.1. The van der Waals surface area contributed by atoms with Crippen LogP contribution in [0.25, 0.3) is 0 Å². The zero-order valence-electron chi connectivity index (χ0n) is 20.6. The molecule has 0 N–H and O–H groups in total. The van der Waals surface area contributed by atoms with E-state index in [1.54, 1.807) is 13.8 Å². The van der Waals surface area contributed by atoms with Gasteiger partial charge in [-0.1, -0.05) is 88.4 Å². The first kappa shape index (κ1) is 24.5.